The summed E-state index contributed by atoms with van der Waals surface area (Å²) in [5, 5.41) is 2.37. The van der Waals surface area contributed by atoms with Gasteiger partial charge in [0.15, 0.2) is 0 Å². The highest BCUT2D eigenvalue weighted by Crippen LogP contribution is 2.14. The first-order valence-corrected chi connectivity index (χ1v) is 4.45. The van der Waals surface area contributed by atoms with Gasteiger partial charge in [0, 0.05) is 10.6 Å². The molecule has 1 aromatic carbocycles. The Labute approximate surface area is 84.2 Å². The summed E-state index contributed by atoms with van der Waals surface area (Å²) in [5.41, 5.74) is 0. The van der Waals surface area contributed by atoms with Gasteiger partial charge in [-0.25, -0.2) is 4.79 Å². The van der Waals surface area contributed by atoms with Crippen LogP contribution in [0.2, 0.25) is 0 Å². The maximum absolute atomic E-state index is 10.8. The molecule has 3 nitrogen and oxygen atoms in total. The molecular formula is C8H8INO2. The predicted octanol–water partition coefficient (Wildman–Crippen LogP) is 2.01. The molecule has 0 aliphatic rings. The third kappa shape index (κ3) is 2.69. The van der Waals surface area contributed by atoms with E-state index in [4.69, 9.17) is 4.74 Å². The molecule has 0 saturated carbocycles. The molecule has 12 heavy (non-hydrogen) atoms. The molecule has 0 radical (unpaired) electrons. The van der Waals surface area contributed by atoms with Gasteiger partial charge in [0.25, 0.3) is 0 Å². The number of hydrogen-bond acceptors (Lipinski definition) is 2. The Morgan fingerprint density at radius 1 is 1.58 bits per heavy atom. The molecule has 1 amide bonds. The highest BCUT2D eigenvalue weighted by molar-refractivity contribution is 14.1. The standard InChI is InChI=1S/C8H8INO2/c1-10-8(11)12-7-4-2-3-6(9)5-7/h2-5H,1H3,(H,10,11). The molecule has 4 heteroatoms. The fourth-order valence-electron chi connectivity index (χ4n) is 0.689. The van der Waals surface area contributed by atoms with Crippen LogP contribution in [0.3, 0.4) is 0 Å². The lowest BCUT2D eigenvalue weighted by Gasteiger charge is -2.02. The van der Waals surface area contributed by atoms with Crippen molar-refractivity contribution in [3.05, 3.63) is 27.8 Å². The van der Waals surface area contributed by atoms with Crippen LogP contribution in [-0.4, -0.2) is 13.1 Å². The molecule has 0 saturated heterocycles. The van der Waals surface area contributed by atoms with Crippen molar-refractivity contribution in [2.24, 2.45) is 0 Å². The Kier molecular flexibility index (Phi) is 3.33. The van der Waals surface area contributed by atoms with Crippen LogP contribution in [0, 0.1) is 3.57 Å². The third-order valence-electron chi connectivity index (χ3n) is 1.21. The number of carbonyl (C=O) groups excluding carboxylic acids is 1. The van der Waals surface area contributed by atoms with Gasteiger partial charge in [-0.05, 0) is 40.8 Å². The minimum Gasteiger partial charge on any atom is -0.410 e. The second-order valence-corrected chi connectivity index (χ2v) is 3.34. The molecule has 1 N–H and O–H groups in total. The Bertz CT molecular complexity index is 288. The van der Waals surface area contributed by atoms with Gasteiger partial charge < -0.3 is 10.1 Å². The van der Waals surface area contributed by atoms with E-state index in [-0.39, 0.29) is 0 Å². The number of benzene rings is 1. The number of rotatable bonds is 1. The normalized spacial score (nSPS) is 9.17. The van der Waals surface area contributed by atoms with Crippen molar-refractivity contribution in [3.8, 4) is 5.75 Å². The molecule has 0 spiro atoms. The first kappa shape index (κ1) is 9.31. The Balaban J connectivity index is 2.69. The quantitative estimate of drug-likeness (QED) is 0.797. The molecular weight excluding hydrogens is 269 g/mol. The number of ether oxygens (including phenoxy) is 1. The molecule has 0 unspecified atom stereocenters. The Morgan fingerprint density at radius 2 is 2.33 bits per heavy atom. The smallest absolute Gasteiger partial charge is 0.410 e. The SMILES string of the molecule is CNC(=O)Oc1cccc(I)c1. The topological polar surface area (TPSA) is 38.3 Å². The molecule has 0 aliphatic heterocycles. The van der Waals surface area contributed by atoms with Gasteiger partial charge in [0.05, 0.1) is 0 Å². The van der Waals surface area contributed by atoms with E-state index in [1.165, 1.54) is 7.05 Å². The van der Waals surface area contributed by atoms with Crippen molar-refractivity contribution < 1.29 is 9.53 Å². The second-order valence-electron chi connectivity index (χ2n) is 2.10. The molecule has 1 aromatic rings. The van der Waals surface area contributed by atoms with Crippen molar-refractivity contribution in [3.63, 3.8) is 0 Å². The van der Waals surface area contributed by atoms with Crippen molar-refractivity contribution in [2.75, 3.05) is 7.05 Å². The number of halogens is 1. The summed E-state index contributed by atoms with van der Waals surface area (Å²) in [6.45, 7) is 0. The predicted molar refractivity (Wildman–Crippen MR) is 54.2 cm³/mol. The van der Waals surface area contributed by atoms with Crippen molar-refractivity contribution in [1.29, 1.82) is 0 Å². The van der Waals surface area contributed by atoms with Crippen LogP contribution in [0.4, 0.5) is 4.79 Å². The molecule has 0 aromatic heterocycles. The van der Waals surface area contributed by atoms with Crippen LogP contribution in [0.15, 0.2) is 24.3 Å². The summed E-state index contributed by atoms with van der Waals surface area (Å²) in [6.07, 6.45) is -0.447. The Morgan fingerprint density at radius 3 is 2.92 bits per heavy atom. The summed E-state index contributed by atoms with van der Waals surface area (Å²) < 4.78 is 5.93. The molecule has 1 rings (SSSR count). The average Bonchev–Trinajstić information content (AvgIpc) is 2.04. The van der Waals surface area contributed by atoms with Crippen molar-refractivity contribution in [1.82, 2.24) is 5.32 Å². The van der Waals surface area contributed by atoms with E-state index in [0.29, 0.717) is 5.75 Å². The van der Waals surface area contributed by atoms with Gasteiger partial charge in [-0.3, -0.25) is 0 Å². The molecule has 0 bridgehead atoms. The minimum absolute atomic E-state index is 0.447. The van der Waals surface area contributed by atoms with Gasteiger partial charge in [-0.15, -0.1) is 0 Å². The fraction of sp³-hybridized carbons (Fsp3) is 0.125. The highest BCUT2D eigenvalue weighted by Gasteiger charge is 1.99. The zero-order valence-corrected chi connectivity index (χ0v) is 8.66. The number of carbonyl (C=O) groups is 1. The molecule has 0 fully saturated rings. The van der Waals surface area contributed by atoms with Crippen molar-refractivity contribution in [2.45, 2.75) is 0 Å². The first-order chi connectivity index (χ1) is 5.72. The molecule has 0 atom stereocenters. The lowest BCUT2D eigenvalue weighted by molar-refractivity contribution is 0.203. The van der Waals surface area contributed by atoms with E-state index in [0.717, 1.165) is 3.57 Å². The summed E-state index contributed by atoms with van der Waals surface area (Å²) in [6, 6.07) is 7.28. The maximum atomic E-state index is 10.8. The summed E-state index contributed by atoms with van der Waals surface area (Å²) in [5.74, 6) is 0.557. The number of amides is 1. The highest BCUT2D eigenvalue weighted by atomic mass is 127. The molecule has 0 heterocycles. The lowest BCUT2D eigenvalue weighted by atomic mass is 10.3. The second kappa shape index (κ2) is 4.30. The minimum atomic E-state index is -0.447. The monoisotopic (exact) mass is 277 g/mol. The van der Waals surface area contributed by atoms with E-state index >= 15 is 0 Å². The summed E-state index contributed by atoms with van der Waals surface area (Å²) in [7, 11) is 1.52. The van der Waals surface area contributed by atoms with Crippen LogP contribution >= 0.6 is 22.6 Å². The molecule has 0 aliphatic carbocycles. The number of hydrogen-bond donors (Lipinski definition) is 1. The summed E-state index contributed by atoms with van der Waals surface area (Å²) >= 11 is 2.15. The zero-order chi connectivity index (χ0) is 8.97. The zero-order valence-electron chi connectivity index (χ0n) is 6.50. The van der Waals surface area contributed by atoms with E-state index < -0.39 is 6.09 Å². The number of nitrogens with one attached hydrogen (secondary N) is 1. The van der Waals surface area contributed by atoms with Crippen LogP contribution in [0.25, 0.3) is 0 Å². The maximum Gasteiger partial charge on any atom is 0.412 e. The van der Waals surface area contributed by atoms with E-state index in [2.05, 4.69) is 27.9 Å². The van der Waals surface area contributed by atoms with E-state index in [1.807, 2.05) is 12.1 Å². The lowest BCUT2D eigenvalue weighted by Crippen LogP contribution is -2.21. The summed E-state index contributed by atoms with van der Waals surface area (Å²) in [4.78, 5) is 10.8. The van der Waals surface area contributed by atoms with Gasteiger partial charge in [0.1, 0.15) is 5.75 Å². The van der Waals surface area contributed by atoms with Crippen LogP contribution < -0.4 is 10.1 Å². The van der Waals surface area contributed by atoms with Gasteiger partial charge >= 0.3 is 6.09 Å². The van der Waals surface area contributed by atoms with Crippen molar-refractivity contribution >= 4 is 28.7 Å². The van der Waals surface area contributed by atoms with Gasteiger partial charge in [-0.1, -0.05) is 6.07 Å². The van der Waals surface area contributed by atoms with Gasteiger partial charge in [-0.2, -0.15) is 0 Å². The van der Waals surface area contributed by atoms with Crippen LogP contribution in [-0.2, 0) is 0 Å². The third-order valence-corrected chi connectivity index (χ3v) is 1.88. The fourth-order valence-corrected chi connectivity index (χ4v) is 1.20. The molecule has 64 valence electrons. The van der Waals surface area contributed by atoms with E-state index in [9.17, 15) is 4.79 Å². The first-order valence-electron chi connectivity index (χ1n) is 3.37. The largest absolute Gasteiger partial charge is 0.412 e. The van der Waals surface area contributed by atoms with Crippen LogP contribution in [0.5, 0.6) is 5.75 Å². The van der Waals surface area contributed by atoms with Gasteiger partial charge in [0.2, 0.25) is 0 Å². The van der Waals surface area contributed by atoms with E-state index in [1.54, 1.807) is 12.1 Å². The van der Waals surface area contributed by atoms with Crippen LogP contribution in [0.1, 0.15) is 0 Å². The Hall–Kier alpha value is -0.780. The average molecular weight is 277 g/mol.